The molecular weight excluding hydrogens is 394 g/mol. The van der Waals surface area contributed by atoms with Gasteiger partial charge in [0.25, 0.3) is 5.91 Å². The highest BCUT2D eigenvalue weighted by Gasteiger charge is 2.22. The van der Waals surface area contributed by atoms with Crippen LogP contribution in [-0.4, -0.2) is 46.0 Å². The number of ether oxygens (including phenoxy) is 1. The molecule has 0 bridgehead atoms. The van der Waals surface area contributed by atoms with E-state index in [0.717, 1.165) is 38.1 Å². The molecule has 1 aliphatic rings. The van der Waals surface area contributed by atoms with E-state index in [-0.39, 0.29) is 11.4 Å². The quantitative estimate of drug-likeness (QED) is 0.585. The average Bonchev–Trinajstić information content (AvgIpc) is 2.62. The normalized spacial score (nSPS) is 15.9. The van der Waals surface area contributed by atoms with Gasteiger partial charge in [0.1, 0.15) is 16.0 Å². The van der Waals surface area contributed by atoms with Crippen LogP contribution in [0, 0.1) is 17.6 Å². The Labute approximate surface area is 166 Å². The minimum atomic E-state index is -1.12. The molecule has 0 radical (unpaired) electrons. The first-order valence-electron chi connectivity index (χ1n) is 8.63. The lowest BCUT2D eigenvalue weighted by atomic mass is 10.00. The molecule has 0 spiro atoms. The molecule has 1 atom stereocenters. The van der Waals surface area contributed by atoms with Gasteiger partial charge in [-0.15, -0.1) is 0 Å². The molecule has 1 saturated heterocycles. The maximum absolute atomic E-state index is 13.6. The third-order valence-corrected chi connectivity index (χ3v) is 5.72. The van der Waals surface area contributed by atoms with Gasteiger partial charge in [0, 0.05) is 19.2 Å². The third kappa shape index (κ3) is 6.73. The first-order valence-corrected chi connectivity index (χ1v) is 10.0. The van der Waals surface area contributed by atoms with E-state index in [1.54, 1.807) is 0 Å². The Morgan fingerprint density at radius 2 is 2.04 bits per heavy atom. The van der Waals surface area contributed by atoms with E-state index >= 15 is 0 Å². The molecule has 1 N–H and O–H groups in total. The van der Waals surface area contributed by atoms with E-state index < -0.39 is 29.6 Å². The number of esters is 1. The fourth-order valence-corrected chi connectivity index (χ4v) is 3.55. The lowest BCUT2D eigenvalue weighted by Crippen LogP contribution is -2.36. The Hall–Kier alpha value is -1.74. The molecule has 0 unspecified atom stereocenters. The number of benzene rings is 1. The largest absolute Gasteiger partial charge is 0.452 e. The number of piperidine rings is 1. The van der Waals surface area contributed by atoms with Crippen molar-refractivity contribution in [1.29, 1.82) is 0 Å². The van der Waals surface area contributed by atoms with Gasteiger partial charge >= 0.3 is 5.97 Å². The molecule has 0 saturated carbocycles. The lowest BCUT2D eigenvalue weighted by molar-refractivity contribution is -0.150. The van der Waals surface area contributed by atoms with Gasteiger partial charge in [0.05, 0.1) is 11.4 Å². The molecular formula is C18H22F2N2O3S2. The minimum absolute atomic E-state index is 0.00653. The van der Waals surface area contributed by atoms with Gasteiger partial charge in [-0.05, 0) is 37.8 Å². The van der Waals surface area contributed by atoms with Crippen LogP contribution >= 0.6 is 24.0 Å². The zero-order valence-corrected chi connectivity index (χ0v) is 16.8. The van der Waals surface area contributed by atoms with E-state index in [0.29, 0.717) is 16.3 Å². The number of halogens is 2. The van der Waals surface area contributed by atoms with E-state index in [2.05, 4.69) is 17.1 Å². The highest BCUT2D eigenvalue weighted by Crippen LogP contribution is 2.20. The maximum atomic E-state index is 13.6. The summed E-state index contributed by atoms with van der Waals surface area (Å²) in [5.41, 5.74) is -0.181. The molecule has 0 aliphatic carbocycles. The van der Waals surface area contributed by atoms with Crippen molar-refractivity contribution in [3.05, 3.63) is 29.8 Å². The number of rotatable bonds is 5. The van der Waals surface area contributed by atoms with Crippen molar-refractivity contribution in [2.24, 2.45) is 5.92 Å². The van der Waals surface area contributed by atoms with Crippen LogP contribution in [0.3, 0.4) is 0 Å². The smallest absolute Gasteiger partial charge is 0.317 e. The number of nitrogens with one attached hydrogen (secondary N) is 1. The summed E-state index contributed by atoms with van der Waals surface area (Å²) >= 11 is 6.54. The van der Waals surface area contributed by atoms with Gasteiger partial charge in [-0.1, -0.05) is 30.9 Å². The van der Waals surface area contributed by atoms with Gasteiger partial charge in [-0.3, -0.25) is 9.59 Å². The number of thiocarbonyl (C=S) groups is 1. The summed E-state index contributed by atoms with van der Waals surface area (Å²) in [5, 5.41) is 2.26. The molecule has 1 heterocycles. The van der Waals surface area contributed by atoms with Gasteiger partial charge in [0.2, 0.25) is 0 Å². The summed E-state index contributed by atoms with van der Waals surface area (Å²) in [6.45, 7) is 5.34. The third-order valence-electron chi connectivity index (χ3n) is 4.22. The molecule has 148 valence electrons. The van der Waals surface area contributed by atoms with Gasteiger partial charge in [-0.2, -0.15) is 0 Å². The number of hydrogen-bond donors (Lipinski definition) is 1. The molecule has 2 rings (SSSR count). The van der Waals surface area contributed by atoms with Crippen molar-refractivity contribution >= 4 is 45.9 Å². The summed E-state index contributed by atoms with van der Waals surface area (Å²) in [6.07, 6.45) is 1.02. The number of thioether (sulfide) groups is 1. The van der Waals surface area contributed by atoms with Crippen LogP contribution in [0.4, 0.5) is 14.5 Å². The van der Waals surface area contributed by atoms with Crippen molar-refractivity contribution < 1.29 is 23.1 Å². The lowest BCUT2D eigenvalue weighted by Gasteiger charge is -2.31. The number of amides is 1. The fourth-order valence-electron chi connectivity index (χ4n) is 2.51. The second-order valence-electron chi connectivity index (χ2n) is 6.47. The standard InChI is InChI=1S/C18H22F2N2O3S2/c1-11-5-7-22(8-6-11)18(26)27-10-16(23)25-12(2)17(24)21-15-4-3-13(19)9-14(15)20/h3-4,9,11-12H,5-8,10H2,1-2H3,(H,21,24)/t12-/m1/s1. The second kappa shape index (κ2) is 9.98. The van der Waals surface area contributed by atoms with Crippen molar-refractivity contribution in [3.63, 3.8) is 0 Å². The van der Waals surface area contributed by atoms with Crippen LogP contribution in [0.1, 0.15) is 26.7 Å². The Morgan fingerprint density at radius 1 is 1.37 bits per heavy atom. The van der Waals surface area contributed by atoms with Crippen LogP contribution in [0.5, 0.6) is 0 Å². The van der Waals surface area contributed by atoms with Crippen molar-refractivity contribution in [1.82, 2.24) is 4.90 Å². The molecule has 0 aromatic heterocycles. The number of anilines is 1. The zero-order valence-electron chi connectivity index (χ0n) is 15.2. The van der Waals surface area contributed by atoms with Crippen molar-refractivity contribution in [2.75, 3.05) is 24.2 Å². The molecule has 1 aromatic rings. The second-order valence-corrected chi connectivity index (χ2v) is 8.08. The van der Waals surface area contributed by atoms with Crippen LogP contribution in [0.25, 0.3) is 0 Å². The average molecular weight is 417 g/mol. The minimum Gasteiger partial charge on any atom is -0.452 e. The summed E-state index contributed by atoms with van der Waals surface area (Å²) in [7, 11) is 0. The van der Waals surface area contributed by atoms with E-state index in [4.69, 9.17) is 17.0 Å². The number of nitrogens with zero attached hydrogens (tertiary/aromatic N) is 1. The Morgan fingerprint density at radius 3 is 2.67 bits per heavy atom. The summed E-state index contributed by atoms with van der Waals surface area (Å²) in [4.78, 5) is 26.0. The molecule has 1 fully saturated rings. The predicted molar refractivity (Wildman–Crippen MR) is 106 cm³/mol. The monoisotopic (exact) mass is 416 g/mol. The summed E-state index contributed by atoms with van der Waals surface area (Å²) in [6, 6.07) is 2.78. The Kier molecular flexibility index (Phi) is 7.97. The number of carbonyl (C=O) groups excluding carboxylic acids is 2. The van der Waals surface area contributed by atoms with Gasteiger partial charge in [-0.25, -0.2) is 8.78 Å². The predicted octanol–water partition coefficient (Wildman–Crippen LogP) is 3.59. The van der Waals surface area contributed by atoms with Crippen molar-refractivity contribution in [3.8, 4) is 0 Å². The van der Waals surface area contributed by atoms with Crippen LogP contribution in [0.15, 0.2) is 18.2 Å². The van der Waals surface area contributed by atoms with Crippen LogP contribution in [0.2, 0.25) is 0 Å². The van der Waals surface area contributed by atoms with Crippen molar-refractivity contribution in [2.45, 2.75) is 32.8 Å². The molecule has 9 heteroatoms. The maximum Gasteiger partial charge on any atom is 0.317 e. The Balaban J connectivity index is 1.75. The van der Waals surface area contributed by atoms with E-state index in [1.807, 2.05) is 0 Å². The number of likely N-dealkylation sites (tertiary alicyclic amines) is 1. The van der Waals surface area contributed by atoms with E-state index in [9.17, 15) is 18.4 Å². The molecule has 5 nitrogen and oxygen atoms in total. The van der Waals surface area contributed by atoms with Gasteiger partial charge in [0.15, 0.2) is 6.10 Å². The number of hydrogen-bond acceptors (Lipinski definition) is 5. The Bertz CT molecular complexity index is 710. The first-order chi connectivity index (χ1) is 12.8. The summed E-state index contributed by atoms with van der Waals surface area (Å²) < 4.78 is 32.1. The highest BCUT2D eigenvalue weighted by molar-refractivity contribution is 8.23. The fraction of sp³-hybridized carbons (Fsp3) is 0.500. The molecule has 27 heavy (non-hydrogen) atoms. The SMILES string of the molecule is CC1CCN(C(=S)SCC(=O)O[C@H](C)C(=O)Nc2ccc(F)cc2F)CC1. The van der Waals surface area contributed by atoms with E-state index in [1.165, 1.54) is 18.7 Å². The van der Waals surface area contributed by atoms with Crippen LogP contribution in [-0.2, 0) is 14.3 Å². The summed E-state index contributed by atoms with van der Waals surface area (Å²) in [5.74, 6) is -2.27. The highest BCUT2D eigenvalue weighted by atomic mass is 32.2. The molecule has 1 aliphatic heterocycles. The van der Waals surface area contributed by atoms with Gasteiger partial charge < -0.3 is 15.0 Å². The van der Waals surface area contributed by atoms with Crippen LogP contribution < -0.4 is 5.32 Å². The first kappa shape index (κ1) is 21.6. The molecule has 1 amide bonds. The topological polar surface area (TPSA) is 58.6 Å². The number of carbonyl (C=O) groups is 2. The molecule has 1 aromatic carbocycles. The zero-order chi connectivity index (χ0) is 20.0.